The van der Waals surface area contributed by atoms with Crippen molar-refractivity contribution in [2.24, 2.45) is 5.73 Å². The second-order valence-electron chi connectivity index (χ2n) is 4.36. The molecular formula is C13H15FN2O. The Labute approximate surface area is 100.0 Å². The van der Waals surface area contributed by atoms with E-state index < -0.39 is 5.82 Å². The van der Waals surface area contributed by atoms with Crippen LogP contribution in [0.2, 0.25) is 0 Å². The van der Waals surface area contributed by atoms with Crippen LogP contribution < -0.4 is 10.5 Å². The van der Waals surface area contributed by atoms with Crippen LogP contribution >= 0.6 is 0 Å². The summed E-state index contributed by atoms with van der Waals surface area (Å²) in [6.45, 7) is 0. The van der Waals surface area contributed by atoms with Gasteiger partial charge in [-0.2, -0.15) is 5.26 Å². The third-order valence-electron chi connectivity index (χ3n) is 3.09. The van der Waals surface area contributed by atoms with Gasteiger partial charge in [0.1, 0.15) is 23.7 Å². The molecular weight excluding hydrogens is 219 g/mol. The molecule has 0 heterocycles. The minimum Gasteiger partial charge on any atom is -0.487 e. The van der Waals surface area contributed by atoms with E-state index in [-0.39, 0.29) is 17.7 Å². The van der Waals surface area contributed by atoms with Gasteiger partial charge in [-0.3, -0.25) is 0 Å². The summed E-state index contributed by atoms with van der Waals surface area (Å²) in [5, 5.41) is 8.91. The van der Waals surface area contributed by atoms with Crippen molar-refractivity contribution in [3.63, 3.8) is 0 Å². The number of nitrogens with zero attached hydrogens (tertiary/aromatic N) is 1. The molecule has 0 aromatic heterocycles. The van der Waals surface area contributed by atoms with E-state index in [4.69, 9.17) is 15.7 Å². The molecule has 1 aromatic carbocycles. The first-order chi connectivity index (χ1) is 8.20. The fourth-order valence-corrected chi connectivity index (χ4v) is 2.13. The predicted octanol–water partition coefficient (Wildman–Crippen LogP) is 2.35. The summed E-state index contributed by atoms with van der Waals surface area (Å²) in [4.78, 5) is 0. The second-order valence-corrected chi connectivity index (χ2v) is 4.36. The van der Waals surface area contributed by atoms with Gasteiger partial charge in [0.2, 0.25) is 0 Å². The summed E-state index contributed by atoms with van der Waals surface area (Å²) in [5.74, 6) is -0.00177. The van der Waals surface area contributed by atoms with Crippen LogP contribution in [0.4, 0.5) is 4.39 Å². The first kappa shape index (κ1) is 11.9. The third-order valence-corrected chi connectivity index (χ3v) is 3.09. The average molecular weight is 234 g/mol. The van der Waals surface area contributed by atoms with Crippen molar-refractivity contribution in [1.29, 1.82) is 5.26 Å². The van der Waals surface area contributed by atoms with Crippen LogP contribution in [0.15, 0.2) is 18.2 Å². The second kappa shape index (κ2) is 5.15. The molecule has 1 saturated carbocycles. The number of halogens is 1. The largest absolute Gasteiger partial charge is 0.487 e. The number of nitriles is 1. The molecule has 4 heteroatoms. The fourth-order valence-electron chi connectivity index (χ4n) is 2.13. The van der Waals surface area contributed by atoms with E-state index in [1.165, 1.54) is 18.2 Å². The lowest BCUT2D eigenvalue weighted by Crippen LogP contribution is -2.41. The van der Waals surface area contributed by atoms with Gasteiger partial charge in [0.15, 0.2) is 0 Å². The van der Waals surface area contributed by atoms with Crippen molar-refractivity contribution in [3.05, 3.63) is 29.6 Å². The Bertz CT molecular complexity index is 442. The van der Waals surface area contributed by atoms with Crippen molar-refractivity contribution in [3.8, 4) is 11.8 Å². The van der Waals surface area contributed by atoms with E-state index in [0.29, 0.717) is 5.75 Å². The minimum absolute atomic E-state index is 0.000320. The van der Waals surface area contributed by atoms with Crippen LogP contribution in [0.25, 0.3) is 0 Å². The lowest BCUT2D eigenvalue weighted by molar-refractivity contribution is 0.132. The van der Waals surface area contributed by atoms with Crippen LogP contribution in [0.3, 0.4) is 0 Å². The Morgan fingerprint density at radius 2 is 2.12 bits per heavy atom. The van der Waals surface area contributed by atoms with Crippen molar-refractivity contribution < 1.29 is 9.13 Å². The Hall–Kier alpha value is -1.60. The molecule has 0 radical (unpaired) electrons. The maximum Gasteiger partial charge on any atom is 0.137 e. The van der Waals surface area contributed by atoms with Gasteiger partial charge < -0.3 is 10.5 Å². The molecule has 17 heavy (non-hydrogen) atoms. The van der Waals surface area contributed by atoms with Crippen molar-refractivity contribution >= 4 is 0 Å². The number of ether oxygens (including phenoxy) is 1. The highest BCUT2D eigenvalue weighted by Gasteiger charge is 2.24. The molecule has 0 saturated heterocycles. The molecule has 2 N–H and O–H groups in total. The first-order valence-electron chi connectivity index (χ1n) is 5.82. The predicted molar refractivity (Wildman–Crippen MR) is 62.0 cm³/mol. The minimum atomic E-state index is -0.429. The molecule has 2 atom stereocenters. The molecule has 1 fully saturated rings. The lowest BCUT2D eigenvalue weighted by atomic mass is 9.93. The summed E-state index contributed by atoms with van der Waals surface area (Å²) < 4.78 is 18.7. The Kier molecular flexibility index (Phi) is 3.60. The van der Waals surface area contributed by atoms with E-state index in [0.717, 1.165) is 25.7 Å². The zero-order chi connectivity index (χ0) is 12.3. The van der Waals surface area contributed by atoms with Gasteiger partial charge in [0.25, 0.3) is 0 Å². The zero-order valence-corrected chi connectivity index (χ0v) is 9.53. The Morgan fingerprint density at radius 3 is 2.82 bits per heavy atom. The molecule has 0 spiro atoms. The van der Waals surface area contributed by atoms with Gasteiger partial charge in [-0.15, -0.1) is 0 Å². The normalized spacial score (nSPS) is 24.1. The van der Waals surface area contributed by atoms with Gasteiger partial charge in [0.05, 0.1) is 5.56 Å². The van der Waals surface area contributed by atoms with Crippen LogP contribution in [0.5, 0.6) is 5.75 Å². The summed E-state index contributed by atoms with van der Waals surface area (Å²) in [5.41, 5.74) is 6.19. The molecule has 1 aliphatic rings. The van der Waals surface area contributed by atoms with E-state index in [9.17, 15) is 4.39 Å². The molecule has 1 aromatic rings. The number of nitrogens with two attached hydrogens (primary N) is 1. The molecule has 1 aliphatic carbocycles. The van der Waals surface area contributed by atoms with E-state index in [1.807, 2.05) is 6.07 Å². The molecule has 0 bridgehead atoms. The molecule has 90 valence electrons. The fraction of sp³-hybridized carbons (Fsp3) is 0.462. The van der Waals surface area contributed by atoms with Crippen molar-refractivity contribution in [2.45, 2.75) is 37.8 Å². The highest BCUT2D eigenvalue weighted by Crippen LogP contribution is 2.25. The Morgan fingerprint density at radius 1 is 1.35 bits per heavy atom. The Balaban J connectivity index is 2.15. The molecule has 2 unspecified atom stereocenters. The number of rotatable bonds is 2. The van der Waals surface area contributed by atoms with Gasteiger partial charge in [-0.1, -0.05) is 6.42 Å². The molecule has 0 amide bonds. The summed E-state index contributed by atoms with van der Waals surface area (Å²) >= 11 is 0. The third kappa shape index (κ3) is 2.75. The standard InChI is InChI=1S/C13H15FN2O/c14-10-5-6-12(9(7-10)8-15)17-13-4-2-1-3-11(13)16/h5-7,11,13H,1-4,16H2. The highest BCUT2D eigenvalue weighted by molar-refractivity contribution is 5.43. The molecule has 3 nitrogen and oxygen atoms in total. The smallest absolute Gasteiger partial charge is 0.137 e. The van der Waals surface area contributed by atoms with Crippen LogP contribution in [0, 0.1) is 17.1 Å². The van der Waals surface area contributed by atoms with Crippen LogP contribution in [-0.2, 0) is 0 Å². The maximum atomic E-state index is 13.0. The average Bonchev–Trinajstić information content (AvgIpc) is 2.34. The zero-order valence-electron chi connectivity index (χ0n) is 9.53. The van der Waals surface area contributed by atoms with Crippen LogP contribution in [-0.4, -0.2) is 12.1 Å². The quantitative estimate of drug-likeness (QED) is 0.854. The van der Waals surface area contributed by atoms with Gasteiger partial charge >= 0.3 is 0 Å². The lowest BCUT2D eigenvalue weighted by Gasteiger charge is -2.29. The molecule has 2 rings (SSSR count). The number of benzene rings is 1. The van der Waals surface area contributed by atoms with E-state index in [2.05, 4.69) is 0 Å². The number of hydrogen-bond acceptors (Lipinski definition) is 3. The molecule has 0 aliphatic heterocycles. The highest BCUT2D eigenvalue weighted by atomic mass is 19.1. The van der Waals surface area contributed by atoms with Gasteiger partial charge in [0, 0.05) is 6.04 Å². The van der Waals surface area contributed by atoms with E-state index >= 15 is 0 Å². The van der Waals surface area contributed by atoms with E-state index in [1.54, 1.807) is 0 Å². The van der Waals surface area contributed by atoms with Crippen molar-refractivity contribution in [1.82, 2.24) is 0 Å². The van der Waals surface area contributed by atoms with Gasteiger partial charge in [-0.25, -0.2) is 4.39 Å². The van der Waals surface area contributed by atoms with Gasteiger partial charge in [-0.05, 0) is 37.5 Å². The SMILES string of the molecule is N#Cc1cc(F)ccc1OC1CCCCC1N. The monoisotopic (exact) mass is 234 g/mol. The maximum absolute atomic E-state index is 13.0. The summed E-state index contributed by atoms with van der Waals surface area (Å²) in [6, 6.07) is 5.91. The summed E-state index contributed by atoms with van der Waals surface area (Å²) in [6.07, 6.45) is 3.97. The first-order valence-corrected chi connectivity index (χ1v) is 5.82. The van der Waals surface area contributed by atoms with Crippen molar-refractivity contribution in [2.75, 3.05) is 0 Å². The topological polar surface area (TPSA) is 59.0 Å². The summed E-state index contributed by atoms with van der Waals surface area (Å²) in [7, 11) is 0. The van der Waals surface area contributed by atoms with Crippen LogP contribution in [0.1, 0.15) is 31.2 Å². The number of hydrogen-bond donors (Lipinski definition) is 1.